The average molecular weight is 185 g/mol. The number of aliphatic hydroxyl groups excluding tert-OH is 1. The van der Waals surface area contributed by atoms with Gasteiger partial charge in [-0.15, -0.1) is 0 Å². The van der Waals surface area contributed by atoms with Gasteiger partial charge in [0.15, 0.2) is 0 Å². The average Bonchev–Trinajstić information content (AvgIpc) is 2.26. The van der Waals surface area contributed by atoms with Gasteiger partial charge in [-0.3, -0.25) is 0 Å². The van der Waals surface area contributed by atoms with Crippen molar-refractivity contribution < 1.29 is 5.11 Å². The molecule has 2 unspecified atom stereocenters. The topological polar surface area (TPSA) is 32.3 Å². The van der Waals surface area contributed by atoms with Crippen LogP contribution in [-0.4, -0.2) is 24.3 Å². The first-order valence-corrected chi connectivity index (χ1v) is 5.22. The van der Waals surface area contributed by atoms with E-state index in [2.05, 4.69) is 33.0 Å². The molecule has 1 saturated heterocycles. The van der Waals surface area contributed by atoms with E-state index >= 15 is 0 Å². The first-order valence-electron chi connectivity index (χ1n) is 5.22. The lowest BCUT2D eigenvalue weighted by atomic mass is 9.71. The molecule has 1 fully saturated rings. The Morgan fingerprint density at radius 3 is 2.54 bits per heavy atom. The van der Waals surface area contributed by atoms with Crippen molar-refractivity contribution in [1.29, 1.82) is 0 Å². The maximum Gasteiger partial charge on any atom is 0.0589 e. The summed E-state index contributed by atoms with van der Waals surface area (Å²) >= 11 is 0. The summed E-state index contributed by atoms with van der Waals surface area (Å²) in [5, 5.41) is 12.6. The molecule has 1 rings (SSSR count). The maximum absolute atomic E-state index is 9.24. The maximum atomic E-state index is 9.24. The molecule has 0 aliphatic carbocycles. The summed E-state index contributed by atoms with van der Waals surface area (Å²) in [5.74, 6) is 0. The molecule has 2 N–H and O–H groups in total. The van der Waals surface area contributed by atoms with Gasteiger partial charge in [0.05, 0.1) is 6.61 Å². The van der Waals surface area contributed by atoms with Crippen molar-refractivity contribution in [2.75, 3.05) is 13.2 Å². The van der Waals surface area contributed by atoms with Gasteiger partial charge in [0.1, 0.15) is 0 Å². The smallest absolute Gasteiger partial charge is 0.0589 e. The van der Waals surface area contributed by atoms with Crippen LogP contribution in [0.2, 0.25) is 0 Å². The molecule has 1 aliphatic heterocycles. The second-order valence-corrected chi connectivity index (χ2v) is 5.83. The molecule has 0 aromatic carbocycles. The Balaban J connectivity index is 2.63. The predicted octanol–water partition coefficient (Wildman–Crippen LogP) is 1.78. The number of nitrogens with one attached hydrogen (secondary N) is 1. The third-order valence-electron chi connectivity index (χ3n) is 3.04. The first kappa shape index (κ1) is 11.0. The predicted molar refractivity (Wildman–Crippen MR) is 55.7 cm³/mol. The van der Waals surface area contributed by atoms with E-state index in [0.29, 0.717) is 11.5 Å². The number of rotatable bonds is 2. The summed E-state index contributed by atoms with van der Waals surface area (Å²) in [6.45, 7) is 10.4. The Labute approximate surface area is 81.7 Å². The van der Waals surface area contributed by atoms with Crippen LogP contribution in [0.15, 0.2) is 0 Å². The SMILES string of the molecule is CC(C)(C)CC1(C)CCNC1CO. The molecule has 2 nitrogen and oxygen atoms in total. The third kappa shape index (κ3) is 2.68. The van der Waals surface area contributed by atoms with Crippen molar-refractivity contribution in [2.24, 2.45) is 10.8 Å². The summed E-state index contributed by atoms with van der Waals surface area (Å²) < 4.78 is 0. The van der Waals surface area contributed by atoms with E-state index in [1.165, 1.54) is 12.8 Å². The van der Waals surface area contributed by atoms with Crippen molar-refractivity contribution >= 4 is 0 Å². The minimum Gasteiger partial charge on any atom is -0.395 e. The molecule has 0 bridgehead atoms. The molecular formula is C11H23NO. The lowest BCUT2D eigenvalue weighted by molar-refractivity contribution is 0.123. The zero-order valence-electron chi connectivity index (χ0n) is 9.35. The molecule has 0 amide bonds. The van der Waals surface area contributed by atoms with Crippen LogP contribution in [0, 0.1) is 10.8 Å². The van der Waals surface area contributed by atoms with E-state index in [1.54, 1.807) is 0 Å². The Bertz CT molecular complexity index is 173. The lowest BCUT2D eigenvalue weighted by Crippen LogP contribution is -2.39. The summed E-state index contributed by atoms with van der Waals surface area (Å²) in [4.78, 5) is 0. The zero-order valence-corrected chi connectivity index (χ0v) is 9.35. The van der Waals surface area contributed by atoms with Crippen LogP contribution in [-0.2, 0) is 0 Å². The second kappa shape index (κ2) is 3.58. The molecule has 0 saturated carbocycles. The van der Waals surface area contributed by atoms with Gasteiger partial charge in [-0.25, -0.2) is 0 Å². The Kier molecular flexibility index (Phi) is 3.03. The van der Waals surface area contributed by atoms with Gasteiger partial charge >= 0.3 is 0 Å². The van der Waals surface area contributed by atoms with Crippen molar-refractivity contribution in [1.82, 2.24) is 5.32 Å². The largest absolute Gasteiger partial charge is 0.395 e. The fourth-order valence-corrected chi connectivity index (χ4v) is 2.66. The summed E-state index contributed by atoms with van der Waals surface area (Å²) in [6, 6.07) is 0.298. The number of hydrogen-bond acceptors (Lipinski definition) is 2. The molecule has 0 aromatic heterocycles. The first-order chi connectivity index (χ1) is 5.87. The highest BCUT2D eigenvalue weighted by atomic mass is 16.3. The molecule has 78 valence electrons. The van der Waals surface area contributed by atoms with Crippen LogP contribution in [0.4, 0.5) is 0 Å². The van der Waals surface area contributed by atoms with Crippen molar-refractivity contribution in [2.45, 2.75) is 46.6 Å². The molecule has 2 heteroatoms. The second-order valence-electron chi connectivity index (χ2n) is 5.83. The minimum absolute atomic E-state index is 0.270. The van der Waals surface area contributed by atoms with E-state index in [-0.39, 0.29) is 12.0 Å². The van der Waals surface area contributed by atoms with Gasteiger partial charge in [0.25, 0.3) is 0 Å². The minimum atomic E-state index is 0.270. The van der Waals surface area contributed by atoms with Crippen LogP contribution >= 0.6 is 0 Å². The molecule has 0 aromatic rings. The van der Waals surface area contributed by atoms with E-state index in [1.807, 2.05) is 0 Å². The quantitative estimate of drug-likeness (QED) is 0.687. The Morgan fingerprint density at radius 2 is 2.08 bits per heavy atom. The molecule has 0 radical (unpaired) electrons. The van der Waals surface area contributed by atoms with Gasteiger partial charge in [0, 0.05) is 6.04 Å². The summed E-state index contributed by atoms with van der Waals surface area (Å²) in [6.07, 6.45) is 2.37. The monoisotopic (exact) mass is 185 g/mol. The standard InChI is InChI=1S/C11H23NO/c1-10(2,3)8-11(4)5-6-12-9(11)7-13/h9,12-13H,5-8H2,1-4H3. The van der Waals surface area contributed by atoms with Crippen molar-refractivity contribution in [3.63, 3.8) is 0 Å². The third-order valence-corrected chi connectivity index (χ3v) is 3.04. The van der Waals surface area contributed by atoms with Crippen LogP contribution in [0.5, 0.6) is 0 Å². The van der Waals surface area contributed by atoms with Gasteiger partial charge in [-0.2, -0.15) is 0 Å². The normalized spacial score (nSPS) is 35.3. The molecule has 13 heavy (non-hydrogen) atoms. The van der Waals surface area contributed by atoms with Crippen LogP contribution < -0.4 is 5.32 Å². The molecule has 1 aliphatic rings. The van der Waals surface area contributed by atoms with Crippen LogP contribution in [0.3, 0.4) is 0 Å². The van der Waals surface area contributed by atoms with E-state index < -0.39 is 0 Å². The highest BCUT2D eigenvalue weighted by Gasteiger charge is 2.40. The van der Waals surface area contributed by atoms with Gasteiger partial charge in [-0.05, 0) is 30.2 Å². The van der Waals surface area contributed by atoms with Gasteiger partial charge < -0.3 is 10.4 Å². The Hall–Kier alpha value is -0.0800. The highest BCUT2D eigenvalue weighted by molar-refractivity contribution is 4.95. The lowest BCUT2D eigenvalue weighted by Gasteiger charge is -2.36. The van der Waals surface area contributed by atoms with Gasteiger partial charge in [0.2, 0.25) is 0 Å². The molecule has 1 heterocycles. The number of hydrogen-bond donors (Lipinski definition) is 2. The van der Waals surface area contributed by atoms with Gasteiger partial charge in [-0.1, -0.05) is 27.7 Å². The molecule has 2 atom stereocenters. The summed E-state index contributed by atoms with van der Waals surface area (Å²) in [5.41, 5.74) is 0.640. The fraction of sp³-hybridized carbons (Fsp3) is 1.00. The van der Waals surface area contributed by atoms with Crippen molar-refractivity contribution in [3.8, 4) is 0 Å². The molecular weight excluding hydrogens is 162 g/mol. The van der Waals surface area contributed by atoms with E-state index in [4.69, 9.17) is 0 Å². The highest BCUT2D eigenvalue weighted by Crippen LogP contribution is 2.41. The van der Waals surface area contributed by atoms with Crippen molar-refractivity contribution in [3.05, 3.63) is 0 Å². The van der Waals surface area contributed by atoms with E-state index in [9.17, 15) is 5.11 Å². The number of aliphatic hydroxyl groups is 1. The fourth-order valence-electron chi connectivity index (χ4n) is 2.66. The van der Waals surface area contributed by atoms with Crippen LogP contribution in [0.1, 0.15) is 40.5 Å². The summed E-state index contributed by atoms with van der Waals surface area (Å²) in [7, 11) is 0. The van der Waals surface area contributed by atoms with E-state index in [0.717, 1.165) is 6.54 Å². The Morgan fingerprint density at radius 1 is 1.46 bits per heavy atom. The zero-order chi connectivity index (χ0) is 10.1. The molecule has 0 spiro atoms. The van der Waals surface area contributed by atoms with Crippen LogP contribution in [0.25, 0.3) is 0 Å².